The molecule has 1 atom stereocenters. The molecule has 0 saturated carbocycles. The van der Waals surface area contributed by atoms with Crippen LogP contribution in [0.3, 0.4) is 0 Å². The number of carbonyl (C=O) groups excluding carboxylic acids is 1. The van der Waals surface area contributed by atoms with Crippen LogP contribution in [0.2, 0.25) is 0 Å². The van der Waals surface area contributed by atoms with Gasteiger partial charge in [-0.05, 0) is 45.7 Å². The summed E-state index contributed by atoms with van der Waals surface area (Å²) in [5, 5.41) is 0. The Kier molecular flexibility index (Phi) is 3.89. The molecule has 0 radical (unpaired) electrons. The molecule has 1 heterocycles. The number of hydrogen-bond donors (Lipinski definition) is 2. The van der Waals surface area contributed by atoms with Crippen molar-refractivity contribution in [3.63, 3.8) is 0 Å². The third kappa shape index (κ3) is 2.69. The number of nitrogens with zero attached hydrogens (tertiary/aromatic N) is 1. The lowest BCUT2D eigenvalue weighted by Crippen LogP contribution is -2.48. The second-order valence-electron chi connectivity index (χ2n) is 4.40. The lowest BCUT2D eigenvalue weighted by atomic mass is 9.89. The van der Waals surface area contributed by atoms with Crippen LogP contribution in [-0.4, -0.2) is 36.0 Å². The van der Waals surface area contributed by atoms with Gasteiger partial charge in [0.15, 0.2) is 0 Å². The van der Waals surface area contributed by atoms with Crippen LogP contribution in [0.25, 0.3) is 0 Å². The average molecular weight is 199 g/mol. The summed E-state index contributed by atoms with van der Waals surface area (Å²) in [6.45, 7) is 6.44. The van der Waals surface area contributed by atoms with E-state index in [4.69, 9.17) is 11.5 Å². The number of rotatable bonds is 3. The summed E-state index contributed by atoms with van der Waals surface area (Å²) in [7, 11) is 0. The monoisotopic (exact) mass is 199 g/mol. The van der Waals surface area contributed by atoms with E-state index >= 15 is 0 Å². The lowest BCUT2D eigenvalue weighted by Gasteiger charge is -2.36. The highest BCUT2D eigenvalue weighted by molar-refractivity contribution is 5.79. The smallest absolute Gasteiger partial charge is 0.234 e. The molecule has 0 aliphatic carbocycles. The quantitative estimate of drug-likeness (QED) is 0.667. The highest BCUT2D eigenvalue weighted by Gasteiger charge is 2.27. The average Bonchev–Trinajstić information content (AvgIpc) is 2.16. The number of carbonyl (C=O) groups is 1. The molecule has 82 valence electrons. The number of hydrogen-bond acceptors (Lipinski definition) is 3. The van der Waals surface area contributed by atoms with E-state index in [0.29, 0.717) is 6.04 Å². The van der Waals surface area contributed by atoms with E-state index in [1.54, 1.807) is 0 Å². The lowest BCUT2D eigenvalue weighted by molar-refractivity contribution is -0.120. The Morgan fingerprint density at radius 2 is 1.86 bits per heavy atom. The molecule has 0 aromatic heterocycles. The van der Waals surface area contributed by atoms with Crippen LogP contribution in [0.4, 0.5) is 0 Å². The second kappa shape index (κ2) is 4.75. The molecule has 1 unspecified atom stereocenters. The van der Waals surface area contributed by atoms with Gasteiger partial charge in [0.1, 0.15) is 0 Å². The minimum Gasteiger partial charge on any atom is -0.368 e. The molecule has 14 heavy (non-hydrogen) atoms. The minimum absolute atomic E-state index is 0.280. The number of primary amides is 1. The van der Waals surface area contributed by atoms with E-state index < -0.39 is 6.04 Å². The summed E-state index contributed by atoms with van der Waals surface area (Å²) in [5.74, 6) is -0.0875. The van der Waals surface area contributed by atoms with Gasteiger partial charge in [-0.2, -0.15) is 0 Å². The molecule has 1 fully saturated rings. The highest BCUT2D eigenvalue weighted by atomic mass is 16.1. The Morgan fingerprint density at radius 3 is 2.21 bits per heavy atom. The van der Waals surface area contributed by atoms with E-state index in [1.165, 1.54) is 0 Å². The van der Waals surface area contributed by atoms with Crippen LogP contribution in [0, 0.1) is 5.92 Å². The fourth-order valence-electron chi connectivity index (χ4n) is 2.03. The molecule has 0 aromatic rings. The van der Waals surface area contributed by atoms with Gasteiger partial charge in [0.05, 0.1) is 6.04 Å². The number of amides is 1. The van der Waals surface area contributed by atoms with Gasteiger partial charge >= 0.3 is 0 Å². The van der Waals surface area contributed by atoms with Crippen LogP contribution in [0.15, 0.2) is 0 Å². The molecule has 1 rings (SSSR count). The second-order valence-corrected chi connectivity index (χ2v) is 4.40. The predicted molar refractivity (Wildman–Crippen MR) is 56.6 cm³/mol. The normalized spacial score (nSPS) is 22.6. The van der Waals surface area contributed by atoms with E-state index in [0.717, 1.165) is 25.9 Å². The van der Waals surface area contributed by atoms with Gasteiger partial charge in [0.25, 0.3) is 0 Å². The predicted octanol–water partition coefficient (Wildman–Crippen LogP) is -0.0806. The molecule has 1 aliphatic rings. The van der Waals surface area contributed by atoms with Crippen molar-refractivity contribution in [1.29, 1.82) is 0 Å². The first kappa shape index (κ1) is 11.5. The summed E-state index contributed by atoms with van der Waals surface area (Å²) in [5.41, 5.74) is 10.9. The number of piperidine rings is 1. The number of nitrogens with two attached hydrogens (primary N) is 2. The zero-order valence-electron chi connectivity index (χ0n) is 9.07. The molecule has 4 nitrogen and oxygen atoms in total. The molecule has 1 saturated heterocycles. The summed E-state index contributed by atoms with van der Waals surface area (Å²) in [4.78, 5) is 13.3. The van der Waals surface area contributed by atoms with Gasteiger partial charge in [-0.15, -0.1) is 0 Å². The van der Waals surface area contributed by atoms with Gasteiger partial charge in [0, 0.05) is 6.04 Å². The maximum absolute atomic E-state index is 10.9. The van der Waals surface area contributed by atoms with E-state index in [2.05, 4.69) is 18.7 Å². The fraction of sp³-hybridized carbons (Fsp3) is 0.900. The van der Waals surface area contributed by atoms with Crippen LogP contribution in [0.5, 0.6) is 0 Å². The van der Waals surface area contributed by atoms with E-state index in [1.807, 2.05) is 0 Å². The molecule has 0 bridgehead atoms. The zero-order valence-corrected chi connectivity index (χ0v) is 9.07. The number of likely N-dealkylation sites (tertiary alicyclic amines) is 1. The van der Waals surface area contributed by atoms with Gasteiger partial charge in [-0.25, -0.2) is 0 Å². The maximum atomic E-state index is 10.9. The van der Waals surface area contributed by atoms with Crippen molar-refractivity contribution < 1.29 is 4.79 Å². The van der Waals surface area contributed by atoms with Crippen molar-refractivity contribution in [2.24, 2.45) is 17.4 Å². The topological polar surface area (TPSA) is 72.3 Å². The van der Waals surface area contributed by atoms with Gasteiger partial charge in [-0.3, -0.25) is 4.79 Å². The highest BCUT2D eigenvalue weighted by Crippen LogP contribution is 2.20. The van der Waals surface area contributed by atoms with Gasteiger partial charge < -0.3 is 16.4 Å². The minimum atomic E-state index is -0.454. The standard InChI is InChI=1S/C10H21N3O/c1-7(2)13-5-3-8(4-6-13)9(11)10(12)14/h7-9H,3-6,11H2,1-2H3,(H2,12,14). The summed E-state index contributed by atoms with van der Waals surface area (Å²) < 4.78 is 0. The van der Waals surface area contributed by atoms with Crippen LogP contribution >= 0.6 is 0 Å². The molecular weight excluding hydrogens is 178 g/mol. The summed E-state index contributed by atoms with van der Waals surface area (Å²) in [6, 6.07) is 0.130. The third-order valence-electron chi connectivity index (χ3n) is 3.14. The largest absolute Gasteiger partial charge is 0.368 e. The first-order valence-electron chi connectivity index (χ1n) is 5.31. The molecular formula is C10H21N3O. The molecule has 4 heteroatoms. The molecule has 0 spiro atoms. The Morgan fingerprint density at radius 1 is 1.36 bits per heavy atom. The Hall–Kier alpha value is -0.610. The van der Waals surface area contributed by atoms with Crippen molar-refractivity contribution in [2.75, 3.05) is 13.1 Å². The van der Waals surface area contributed by atoms with Gasteiger partial charge in [0.2, 0.25) is 5.91 Å². The van der Waals surface area contributed by atoms with Crippen LogP contribution in [0.1, 0.15) is 26.7 Å². The summed E-state index contributed by atoms with van der Waals surface area (Å²) >= 11 is 0. The molecule has 0 aromatic carbocycles. The van der Waals surface area contributed by atoms with Crippen molar-refractivity contribution >= 4 is 5.91 Å². The van der Waals surface area contributed by atoms with Crippen molar-refractivity contribution in [2.45, 2.75) is 38.8 Å². The first-order valence-corrected chi connectivity index (χ1v) is 5.31. The van der Waals surface area contributed by atoms with Gasteiger partial charge in [-0.1, -0.05) is 0 Å². The molecule has 1 aliphatic heterocycles. The van der Waals surface area contributed by atoms with Crippen molar-refractivity contribution in [3.8, 4) is 0 Å². The third-order valence-corrected chi connectivity index (χ3v) is 3.14. The van der Waals surface area contributed by atoms with E-state index in [-0.39, 0.29) is 11.8 Å². The Labute approximate surface area is 85.6 Å². The fourth-order valence-corrected chi connectivity index (χ4v) is 2.03. The molecule has 4 N–H and O–H groups in total. The van der Waals surface area contributed by atoms with Crippen molar-refractivity contribution in [1.82, 2.24) is 4.90 Å². The van der Waals surface area contributed by atoms with Crippen molar-refractivity contribution in [3.05, 3.63) is 0 Å². The SMILES string of the molecule is CC(C)N1CCC(C(N)C(N)=O)CC1. The Balaban J connectivity index is 2.39. The first-order chi connectivity index (χ1) is 6.52. The van der Waals surface area contributed by atoms with Crippen LogP contribution in [-0.2, 0) is 4.79 Å². The van der Waals surface area contributed by atoms with Crippen LogP contribution < -0.4 is 11.5 Å². The zero-order chi connectivity index (χ0) is 10.7. The Bertz CT molecular complexity index is 198. The molecule has 1 amide bonds. The van der Waals surface area contributed by atoms with E-state index in [9.17, 15) is 4.79 Å². The summed E-state index contributed by atoms with van der Waals surface area (Å²) in [6.07, 6.45) is 1.98. The maximum Gasteiger partial charge on any atom is 0.234 e.